The van der Waals surface area contributed by atoms with Gasteiger partial charge in [-0.25, -0.2) is 0 Å². The second-order valence-corrected chi connectivity index (χ2v) is 23.9. The van der Waals surface area contributed by atoms with Gasteiger partial charge in [0.2, 0.25) is 0 Å². The zero-order chi connectivity index (χ0) is 51.6. The van der Waals surface area contributed by atoms with Gasteiger partial charge >= 0.3 is 11.9 Å². The van der Waals surface area contributed by atoms with Crippen LogP contribution >= 0.6 is 0 Å². The second kappa shape index (κ2) is 38.5. The van der Waals surface area contributed by atoms with Gasteiger partial charge in [0.1, 0.15) is 23.2 Å². The number of likely N-dealkylation sites (N-methyl/N-ethyl adjacent to an activating group) is 1. The summed E-state index contributed by atoms with van der Waals surface area (Å²) in [5.41, 5.74) is 4.30. The molecule has 70 heavy (non-hydrogen) atoms. The highest BCUT2D eigenvalue weighted by molar-refractivity contribution is 5.74. The van der Waals surface area contributed by atoms with Crippen LogP contribution in [0.1, 0.15) is 283 Å². The standard InChI is InChI=1S/C63H116N2O5/c1-13-15-17-19-21-26-40-57(41-27-22-20-18-16-14-2)68-59(66)42-28-23-24-30-47-65(50-49-64(11)12)48-31-25-29-43-60(67)69-61-54(7)55(8)62-58(56(61)9)44-46-63(10,70-62)45-34-39-53(6)38-33-37-52(5)36-32-35-51(3)4/h51-53,57H,13-50H2,1-12H3/p+1. The van der Waals surface area contributed by atoms with E-state index in [1.54, 1.807) is 0 Å². The van der Waals surface area contributed by atoms with E-state index >= 15 is 0 Å². The number of hydrogen-bond acceptors (Lipinski definition) is 6. The van der Waals surface area contributed by atoms with Gasteiger partial charge < -0.3 is 19.1 Å². The second-order valence-electron chi connectivity index (χ2n) is 23.9. The molecule has 0 bridgehead atoms. The van der Waals surface area contributed by atoms with Gasteiger partial charge in [0.15, 0.2) is 0 Å². The lowest BCUT2D eigenvalue weighted by atomic mass is 9.83. The average Bonchev–Trinajstić information content (AvgIpc) is 3.31. The van der Waals surface area contributed by atoms with E-state index in [0.29, 0.717) is 12.8 Å². The molecule has 0 aromatic heterocycles. The third kappa shape index (κ3) is 28.9. The Bertz CT molecular complexity index is 1490. The van der Waals surface area contributed by atoms with Gasteiger partial charge in [-0.3, -0.25) is 14.5 Å². The molecule has 1 aromatic carbocycles. The lowest BCUT2D eigenvalue weighted by Crippen LogP contribution is -3.06. The van der Waals surface area contributed by atoms with E-state index in [4.69, 9.17) is 14.2 Å². The van der Waals surface area contributed by atoms with Gasteiger partial charge in [-0.1, -0.05) is 170 Å². The van der Waals surface area contributed by atoms with Crippen LogP contribution in [0.15, 0.2) is 0 Å². The summed E-state index contributed by atoms with van der Waals surface area (Å²) >= 11 is 0. The molecule has 7 nitrogen and oxygen atoms in total. The molecule has 0 aliphatic carbocycles. The average molecular weight is 983 g/mol. The Morgan fingerprint density at radius 2 is 1.09 bits per heavy atom. The minimum atomic E-state index is -0.150. The molecule has 1 aromatic rings. The molecule has 1 aliphatic rings. The van der Waals surface area contributed by atoms with E-state index < -0.39 is 0 Å². The molecule has 0 amide bonds. The number of carbonyl (C=O) groups is 2. The van der Waals surface area contributed by atoms with Crippen LogP contribution in [0.4, 0.5) is 0 Å². The number of nitrogens with zero attached hydrogens (tertiary/aromatic N) is 1. The molecule has 3 atom stereocenters. The number of ether oxygens (including phenoxy) is 3. The fourth-order valence-electron chi connectivity index (χ4n) is 10.8. The quantitative estimate of drug-likeness (QED) is 0.0399. The van der Waals surface area contributed by atoms with Crippen molar-refractivity contribution in [1.82, 2.24) is 4.90 Å². The van der Waals surface area contributed by atoms with Crippen LogP contribution in [0, 0.1) is 38.5 Å². The first-order valence-electron chi connectivity index (χ1n) is 30.3. The van der Waals surface area contributed by atoms with E-state index in [-0.39, 0.29) is 23.6 Å². The van der Waals surface area contributed by atoms with Crippen LogP contribution in [-0.2, 0) is 20.7 Å². The molecule has 0 saturated carbocycles. The Morgan fingerprint density at radius 3 is 1.66 bits per heavy atom. The monoisotopic (exact) mass is 982 g/mol. The fraction of sp³-hybridized carbons (Fsp3) is 0.873. The number of esters is 2. The Labute approximate surface area is 434 Å². The van der Waals surface area contributed by atoms with Crippen LogP contribution < -0.4 is 14.4 Å². The predicted octanol–water partition coefficient (Wildman–Crippen LogP) is 16.4. The molecule has 2 rings (SSSR count). The molecule has 1 aliphatic heterocycles. The largest absolute Gasteiger partial charge is 0.487 e. The minimum absolute atomic E-state index is 0.0195. The lowest BCUT2D eigenvalue weighted by Gasteiger charge is -2.38. The third-order valence-electron chi connectivity index (χ3n) is 16.0. The van der Waals surface area contributed by atoms with Crippen LogP contribution in [0.2, 0.25) is 0 Å². The van der Waals surface area contributed by atoms with Crippen molar-refractivity contribution in [2.45, 2.75) is 299 Å². The summed E-state index contributed by atoms with van der Waals surface area (Å²) in [6, 6.07) is 0. The first kappa shape index (κ1) is 64.0. The van der Waals surface area contributed by atoms with Crippen molar-refractivity contribution in [3.63, 3.8) is 0 Å². The Hall–Kier alpha value is -2.12. The van der Waals surface area contributed by atoms with Gasteiger partial charge in [-0.15, -0.1) is 0 Å². The van der Waals surface area contributed by atoms with Gasteiger partial charge in [0.25, 0.3) is 0 Å². The summed E-state index contributed by atoms with van der Waals surface area (Å²) in [7, 11) is 4.46. The molecular formula is C63H117N2O5+. The Morgan fingerprint density at radius 1 is 0.586 bits per heavy atom. The topological polar surface area (TPSA) is 69.5 Å². The normalized spacial score (nSPS) is 15.8. The number of carbonyl (C=O) groups excluding carboxylic acids is 2. The number of nitrogens with one attached hydrogen (secondary N) is 1. The third-order valence-corrected chi connectivity index (χ3v) is 16.0. The SMILES string of the molecule is CCCCCCCCC(CCCCCCCC)OC(=O)CCCCCCN(CCCCCC(=O)Oc1c(C)c(C)c2c(c1C)CCC(C)(CCCC(C)CCCC(C)CCCC(C)C)O2)CC[NH+](C)C. The van der Waals surface area contributed by atoms with Gasteiger partial charge in [-0.2, -0.15) is 0 Å². The van der Waals surface area contributed by atoms with Crippen molar-refractivity contribution in [2.24, 2.45) is 17.8 Å². The fourth-order valence-corrected chi connectivity index (χ4v) is 10.8. The van der Waals surface area contributed by atoms with Crippen LogP contribution in [0.3, 0.4) is 0 Å². The van der Waals surface area contributed by atoms with E-state index in [2.05, 4.69) is 88.2 Å². The first-order chi connectivity index (χ1) is 33.6. The molecule has 7 heteroatoms. The van der Waals surface area contributed by atoms with E-state index in [0.717, 1.165) is 149 Å². The van der Waals surface area contributed by atoms with Gasteiger partial charge in [-0.05, 0) is 152 Å². The predicted molar refractivity (Wildman–Crippen MR) is 300 cm³/mol. The van der Waals surface area contributed by atoms with Crippen molar-refractivity contribution >= 4 is 11.9 Å². The van der Waals surface area contributed by atoms with E-state index in [1.165, 1.54) is 139 Å². The molecule has 0 saturated heterocycles. The smallest absolute Gasteiger partial charge is 0.311 e. The summed E-state index contributed by atoms with van der Waals surface area (Å²) < 4.78 is 19.2. The lowest BCUT2D eigenvalue weighted by molar-refractivity contribution is -0.857. The highest BCUT2D eigenvalue weighted by atomic mass is 16.5. The highest BCUT2D eigenvalue weighted by Gasteiger charge is 2.35. The molecule has 0 spiro atoms. The molecule has 408 valence electrons. The van der Waals surface area contributed by atoms with Crippen LogP contribution in [-0.4, -0.2) is 68.8 Å². The Balaban J connectivity index is 1.74. The molecule has 1 heterocycles. The number of hydrogen-bond donors (Lipinski definition) is 1. The van der Waals surface area contributed by atoms with Crippen molar-refractivity contribution in [1.29, 1.82) is 0 Å². The number of unbranched alkanes of at least 4 members (excludes halogenated alkanes) is 15. The summed E-state index contributed by atoms with van der Waals surface area (Å²) in [5, 5.41) is 0. The van der Waals surface area contributed by atoms with Crippen molar-refractivity contribution < 1.29 is 28.7 Å². The van der Waals surface area contributed by atoms with Gasteiger partial charge in [0.05, 0.1) is 20.6 Å². The zero-order valence-corrected chi connectivity index (χ0v) is 48.7. The highest BCUT2D eigenvalue weighted by Crippen LogP contribution is 2.45. The van der Waals surface area contributed by atoms with Crippen molar-refractivity contribution in [3.05, 3.63) is 22.3 Å². The zero-order valence-electron chi connectivity index (χ0n) is 48.7. The Kier molecular flexibility index (Phi) is 35.2. The summed E-state index contributed by atoms with van der Waals surface area (Å²) in [6.45, 7) is 27.1. The van der Waals surface area contributed by atoms with Crippen molar-refractivity contribution in [2.75, 3.05) is 40.3 Å². The number of benzene rings is 1. The van der Waals surface area contributed by atoms with Crippen LogP contribution in [0.25, 0.3) is 0 Å². The first-order valence-corrected chi connectivity index (χ1v) is 30.3. The summed E-state index contributed by atoms with van der Waals surface area (Å²) in [4.78, 5) is 30.3. The molecular weight excluding hydrogens is 865 g/mol. The molecule has 3 unspecified atom stereocenters. The molecule has 0 radical (unpaired) electrons. The summed E-state index contributed by atoms with van der Waals surface area (Å²) in [5.74, 6) is 4.13. The maximum atomic E-state index is 13.3. The van der Waals surface area contributed by atoms with E-state index in [1.807, 2.05) is 0 Å². The maximum absolute atomic E-state index is 13.3. The summed E-state index contributed by atoms with van der Waals surface area (Å²) in [6.07, 6.45) is 39.5. The number of quaternary nitrogens is 1. The molecule has 0 fully saturated rings. The van der Waals surface area contributed by atoms with Gasteiger partial charge in [0, 0.05) is 24.9 Å². The number of fused-ring (bicyclic) bond motifs is 1. The molecule has 1 N–H and O–H groups in total. The maximum Gasteiger partial charge on any atom is 0.311 e. The van der Waals surface area contributed by atoms with Crippen LogP contribution in [0.5, 0.6) is 11.5 Å². The van der Waals surface area contributed by atoms with Crippen molar-refractivity contribution in [3.8, 4) is 11.5 Å². The minimum Gasteiger partial charge on any atom is -0.487 e. The van der Waals surface area contributed by atoms with E-state index in [9.17, 15) is 9.59 Å². The number of rotatable bonds is 44.